The predicted molar refractivity (Wildman–Crippen MR) is 85.3 cm³/mol. The third kappa shape index (κ3) is 4.36. The molecule has 1 unspecified atom stereocenters. The summed E-state index contributed by atoms with van der Waals surface area (Å²) in [6, 6.07) is 9.82. The molecule has 1 amide bonds. The third-order valence-corrected chi connectivity index (χ3v) is 3.46. The van der Waals surface area contributed by atoms with Crippen LogP contribution in [0.2, 0.25) is 0 Å². The molecule has 4 nitrogen and oxygen atoms in total. The van der Waals surface area contributed by atoms with E-state index in [1.165, 1.54) is 0 Å². The third-order valence-electron chi connectivity index (χ3n) is 3.46. The zero-order chi connectivity index (χ0) is 16.2. The standard InChI is InChI=1S/C18H22N2O2/c1-18(2,3)22-17(21)20-10-6-7-14(13-20)11-15-8-4-5-9-16(15)12-19/h4-9,14H,10-11,13H2,1-3H3. The van der Waals surface area contributed by atoms with Crippen molar-refractivity contribution >= 4 is 6.09 Å². The Morgan fingerprint density at radius 3 is 2.82 bits per heavy atom. The van der Waals surface area contributed by atoms with E-state index < -0.39 is 5.60 Å². The Morgan fingerprint density at radius 1 is 1.41 bits per heavy atom. The summed E-state index contributed by atoms with van der Waals surface area (Å²) in [6.07, 6.45) is 4.58. The Morgan fingerprint density at radius 2 is 2.14 bits per heavy atom. The molecule has 22 heavy (non-hydrogen) atoms. The van der Waals surface area contributed by atoms with Gasteiger partial charge < -0.3 is 9.64 Å². The average Bonchev–Trinajstić information content (AvgIpc) is 2.46. The van der Waals surface area contributed by atoms with Gasteiger partial charge in [-0.2, -0.15) is 5.26 Å². The van der Waals surface area contributed by atoms with Crippen molar-refractivity contribution in [1.82, 2.24) is 4.90 Å². The molecule has 0 spiro atoms. The van der Waals surface area contributed by atoms with E-state index in [-0.39, 0.29) is 12.0 Å². The number of amides is 1. The number of nitrogens with zero attached hydrogens (tertiary/aromatic N) is 2. The Kier molecular flexibility index (Phi) is 4.87. The number of hydrogen-bond acceptors (Lipinski definition) is 3. The maximum absolute atomic E-state index is 12.2. The minimum atomic E-state index is -0.485. The zero-order valence-electron chi connectivity index (χ0n) is 13.4. The van der Waals surface area contributed by atoms with E-state index in [9.17, 15) is 4.79 Å². The number of carbonyl (C=O) groups is 1. The number of benzene rings is 1. The first-order chi connectivity index (χ1) is 10.4. The van der Waals surface area contributed by atoms with Gasteiger partial charge in [-0.1, -0.05) is 30.4 Å². The summed E-state index contributed by atoms with van der Waals surface area (Å²) < 4.78 is 5.42. The molecule has 1 atom stereocenters. The van der Waals surface area contributed by atoms with Crippen LogP contribution in [0.1, 0.15) is 31.9 Å². The summed E-state index contributed by atoms with van der Waals surface area (Å²) >= 11 is 0. The number of carbonyl (C=O) groups excluding carboxylic acids is 1. The number of rotatable bonds is 2. The van der Waals surface area contributed by atoms with E-state index in [0.717, 1.165) is 12.0 Å². The Balaban J connectivity index is 2.02. The van der Waals surface area contributed by atoms with Gasteiger partial charge in [0.2, 0.25) is 0 Å². The highest BCUT2D eigenvalue weighted by molar-refractivity contribution is 5.68. The first kappa shape index (κ1) is 16.1. The predicted octanol–water partition coefficient (Wildman–Crippen LogP) is 3.52. The second-order valence-electron chi connectivity index (χ2n) is 6.55. The van der Waals surface area contributed by atoms with Crippen LogP contribution in [-0.2, 0) is 11.2 Å². The SMILES string of the molecule is CC(C)(C)OC(=O)N1CC=CC(Cc2ccccc2C#N)C1. The maximum Gasteiger partial charge on any atom is 0.410 e. The summed E-state index contributed by atoms with van der Waals surface area (Å²) in [5, 5.41) is 9.16. The molecule has 2 rings (SSSR count). The summed E-state index contributed by atoms with van der Waals surface area (Å²) in [5.41, 5.74) is 1.23. The van der Waals surface area contributed by atoms with Crippen molar-refractivity contribution in [3.8, 4) is 6.07 Å². The first-order valence-electron chi connectivity index (χ1n) is 7.51. The molecule has 1 heterocycles. The molecular weight excluding hydrogens is 276 g/mol. The van der Waals surface area contributed by atoms with Gasteiger partial charge in [-0.05, 0) is 44.7 Å². The second kappa shape index (κ2) is 6.65. The van der Waals surface area contributed by atoms with Gasteiger partial charge >= 0.3 is 6.09 Å². The molecule has 0 radical (unpaired) electrons. The summed E-state index contributed by atoms with van der Waals surface area (Å²) in [5.74, 6) is 0.204. The Labute approximate surface area is 132 Å². The fraction of sp³-hybridized carbons (Fsp3) is 0.444. The lowest BCUT2D eigenvalue weighted by molar-refractivity contribution is 0.0244. The van der Waals surface area contributed by atoms with Crippen LogP contribution in [0.15, 0.2) is 36.4 Å². The number of hydrogen-bond donors (Lipinski definition) is 0. The van der Waals surface area contributed by atoms with Crippen LogP contribution < -0.4 is 0 Å². The van der Waals surface area contributed by atoms with E-state index in [4.69, 9.17) is 10.00 Å². The number of nitriles is 1. The monoisotopic (exact) mass is 298 g/mol. The summed E-state index contributed by atoms with van der Waals surface area (Å²) in [7, 11) is 0. The highest BCUT2D eigenvalue weighted by Crippen LogP contribution is 2.20. The lowest BCUT2D eigenvalue weighted by atomic mass is 9.93. The van der Waals surface area contributed by atoms with Gasteiger partial charge in [-0.15, -0.1) is 0 Å². The van der Waals surface area contributed by atoms with Crippen LogP contribution in [0.3, 0.4) is 0 Å². The van der Waals surface area contributed by atoms with Crippen LogP contribution in [0.25, 0.3) is 0 Å². The van der Waals surface area contributed by atoms with Crippen LogP contribution in [0.4, 0.5) is 4.79 Å². The first-order valence-corrected chi connectivity index (χ1v) is 7.51. The molecule has 4 heteroatoms. The molecule has 0 saturated carbocycles. The molecule has 0 saturated heterocycles. The van der Waals surface area contributed by atoms with Gasteiger partial charge in [0.15, 0.2) is 0 Å². The fourth-order valence-corrected chi connectivity index (χ4v) is 2.50. The van der Waals surface area contributed by atoms with Crippen molar-refractivity contribution in [2.75, 3.05) is 13.1 Å². The average molecular weight is 298 g/mol. The largest absolute Gasteiger partial charge is 0.444 e. The molecule has 116 valence electrons. The minimum Gasteiger partial charge on any atom is -0.444 e. The molecular formula is C18H22N2O2. The van der Waals surface area contributed by atoms with E-state index in [2.05, 4.69) is 12.1 Å². The van der Waals surface area contributed by atoms with Crippen LogP contribution in [-0.4, -0.2) is 29.7 Å². The summed E-state index contributed by atoms with van der Waals surface area (Å²) in [4.78, 5) is 13.9. The summed E-state index contributed by atoms with van der Waals surface area (Å²) in [6.45, 7) is 6.79. The normalized spacial score (nSPS) is 17.9. The van der Waals surface area contributed by atoms with Gasteiger partial charge in [-0.25, -0.2) is 4.79 Å². The lowest BCUT2D eigenvalue weighted by Crippen LogP contribution is -2.41. The van der Waals surface area contributed by atoms with Crippen molar-refractivity contribution in [2.45, 2.75) is 32.8 Å². The van der Waals surface area contributed by atoms with Crippen LogP contribution in [0, 0.1) is 17.2 Å². The van der Waals surface area contributed by atoms with Gasteiger partial charge in [0, 0.05) is 13.1 Å². The van der Waals surface area contributed by atoms with Crippen LogP contribution >= 0.6 is 0 Å². The highest BCUT2D eigenvalue weighted by Gasteiger charge is 2.25. The van der Waals surface area contributed by atoms with Crippen molar-refractivity contribution in [1.29, 1.82) is 5.26 Å². The topological polar surface area (TPSA) is 53.3 Å². The number of ether oxygens (including phenoxy) is 1. The molecule has 0 aromatic heterocycles. The lowest BCUT2D eigenvalue weighted by Gasteiger charge is -2.31. The van der Waals surface area contributed by atoms with Gasteiger partial charge in [-0.3, -0.25) is 0 Å². The molecule has 0 bridgehead atoms. The molecule has 1 aromatic rings. The Bertz CT molecular complexity index is 608. The van der Waals surface area contributed by atoms with Crippen molar-refractivity contribution in [3.05, 3.63) is 47.5 Å². The molecule has 1 aromatic carbocycles. The fourth-order valence-electron chi connectivity index (χ4n) is 2.50. The van der Waals surface area contributed by atoms with Crippen molar-refractivity contribution < 1.29 is 9.53 Å². The smallest absolute Gasteiger partial charge is 0.410 e. The second-order valence-corrected chi connectivity index (χ2v) is 6.55. The maximum atomic E-state index is 12.2. The van der Waals surface area contributed by atoms with E-state index in [0.29, 0.717) is 18.7 Å². The van der Waals surface area contributed by atoms with Crippen molar-refractivity contribution in [3.63, 3.8) is 0 Å². The molecule has 0 aliphatic carbocycles. The van der Waals surface area contributed by atoms with Gasteiger partial charge in [0.05, 0.1) is 11.6 Å². The quantitative estimate of drug-likeness (QED) is 0.785. The zero-order valence-corrected chi connectivity index (χ0v) is 13.4. The van der Waals surface area contributed by atoms with E-state index in [1.54, 1.807) is 4.90 Å². The van der Waals surface area contributed by atoms with Crippen LogP contribution in [0.5, 0.6) is 0 Å². The molecule has 0 fully saturated rings. The van der Waals surface area contributed by atoms with E-state index >= 15 is 0 Å². The minimum absolute atomic E-state index is 0.204. The molecule has 0 N–H and O–H groups in total. The van der Waals surface area contributed by atoms with E-state index in [1.807, 2.05) is 51.1 Å². The molecule has 1 aliphatic rings. The van der Waals surface area contributed by atoms with Gasteiger partial charge in [0.1, 0.15) is 5.60 Å². The van der Waals surface area contributed by atoms with Crippen molar-refractivity contribution in [2.24, 2.45) is 5.92 Å². The van der Waals surface area contributed by atoms with Gasteiger partial charge in [0.25, 0.3) is 0 Å². The highest BCUT2D eigenvalue weighted by atomic mass is 16.6. The molecule has 1 aliphatic heterocycles. The Hall–Kier alpha value is -2.28.